The van der Waals surface area contributed by atoms with Gasteiger partial charge in [0.15, 0.2) is 5.82 Å². The zero-order chi connectivity index (χ0) is 24.1. The van der Waals surface area contributed by atoms with Crippen molar-refractivity contribution in [2.75, 3.05) is 18.5 Å². The van der Waals surface area contributed by atoms with Crippen LogP contribution in [0.2, 0.25) is 0 Å². The van der Waals surface area contributed by atoms with Crippen LogP contribution in [0.25, 0.3) is 10.9 Å². The Labute approximate surface area is 202 Å². The van der Waals surface area contributed by atoms with Crippen LogP contribution in [0.15, 0.2) is 53.1 Å². The molecule has 0 saturated carbocycles. The predicted octanol–water partition coefficient (Wildman–Crippen LogP) is 3.19. The van der Waals surface area contributed by atoms with Gasteiger partial charge in [0.1, 0.15) is 6.17 Å². The summed E-state index contributed by atoms with van der Waals surface area (Å²) >= 11 is 0. The van der Waals surface area contributed by atoms with Crippen molar-refractivity contribution in [3.63, 3.8) is 0 Å². The summed E-state index contributed by atoms with van der Waals surface area (Å²) in [6.07, 6.45) is 0.848. The molecule has 0 unspecified atom stereocenters. The van der Waals surface area contributed by atoms with Gasteiger partial charge in [-0.3, -0.25) is 9.59 Å². The maximum Gasteiger partial charge on any atom is 0.257 e. The number of aromatic nitrogens is 3. The fourth-order valence-electron chi connectivity index (χ4n) is 5.44. The fourth-order valence-corrected chi connectivity index (χ4v) is 5.44. The lowest BCUT2D eigenvalue weighted by atomic mass is 9.96. The summed E-state index contributed by atoms with van der Waals surface area (Å²) in [4.78, 5) is 34.4. The summed E-state index contributed by atoms with van der Waals surface area (Å²) in [6, 6.07) is 16.1. The Morgan fingerprint density at radius 3 is 2.80 bits per heavy atom. The summed E-state index contributed by atoms with van der Waals surface area (Å²) in [5.41, 5.74) is 5.08. The lowest BCUT2D eigenvalue weighted by molar-refractivity contribution is -0.121. The van der Waals surface area contributed by atoms with Crippen LogP contribution in [0.5, 0.6) is 0 Å². The van der Waals surface area contributed by atoms with Gasteiger partial charge in [-0.15, -0.1) is 0 Å². The second-order valence-electron chi connectivity index (χ2n) is 9.04. The first kappa shape index (κ1) is 21.4. The monoisotopic (exact) mass is 470 g/mol. The van der Waals surface area contributed by atoms with E-state index in [1.807, 2.05) is 48.3 Å². The molecular weight excluding hydrogens is 444 g/mol. The molecule has 9 nitrogen and oxygen atoms in total. The van der Waals surface area contributed by atoms with Crippen molar-refractivity contribution in [3.05, 3.63) is 77.1 Å². The Bertz CT molecular complexity index is 1450. The van der Waals surface area contributed by atoms with Crippen LogP contribution in [0, 0.1) is 6.92 Å². The van der Waals surface area contributed by atoms with Crippen LogP contribution in [0.1, 0.15) is 45.9 Å². The third-order valence-electron chi connectivity index (χ3n) is 6.97. The smallest absolute Gasteiger partial charge is 0.257 e. The first-order chi connectivity index (χ1) is 17.0. The standard InChI is InChI=1S/C26H26N6O3/c1-16-28-23(35-29-16)15-27-22(33)12-14-31-21-10-6-3-7-17(21)18-11-13-32-25(24(18)31)30(2)20-9-5-4-8-19(20)26(32)34/h3-10,25H,11-15H2,1-2H3,(H,27,33)/t25-/m1/s1. The SMILES string of the molecule is Cc1noc(CNC(=O)CCn2c3c(c4ccccc42)CCN2C(=O)c4ccccc4N(C)[C@@H]32)n1. The number of hydrogen-bond donors (Lipinski definition) is 1. The third kappa shape index (κ3) is 3.46. The van der Waals surface area contributed by atoms with Gasteiger partial charge in [0.25, 0.3) is 5.91 Å². The average molecular weight is 471 g/mol. The van der Waals surface area contributed by atoms with E-state index in [-0.39, 0.29) is 24.5 Å². The number of hydrogen-bond acceptors (Lipinski definition) is 6. The highest BCUT2D eigenvalue weighted by atomic mass is 16.5. The number of carbonyl (C=O) groups is 2. The lowest BCUT2D eigenvalue weighted by Crippen LogP contribution is -2.51. The van der Waals surface area contributed by atoms with E-state index in [2.05, 4.69) is 37.1 Å². The molecule has 4 heterocycles. The van der Waals surface area contributed by atoms with Gasteiger partial charge >= 0.3 is 0 Å². The fraction of sp³-hybridized carbons (Fsp3) is 0.308. The van der Waals surface area contributed by atoms with Gasteiger partial charge in [-0.1, -0.05) is 35.5 Å². The summed E-state index contributed by atoms with van der Waals surface area (Å²) in [6.45, 7) is 3.10. The van der Waals surface area contributed by atoms with E-state index in [9.17, 15) is 9.59 Å². The molecule has 0 bridgehead atoms. The molecule has 9 heteroatoms. The van der Waals surface area contributed by atoms with Crippen LogP contribution in [0.3, 0.4) is 0 Å². The number of rotatable bonds is 5. The van der Waals surface area contributed by atoms with E-state index >= 15 is 0 Å². The highest BCUT2D eigenvalue weighted by Crippen LogP contribution is 2.44. The van der Waals surface area contributed by atoms with Crippen LogP contribution in [-0.2, 0) is 24.3 Å². The van der Waals surface area contributed by atoms with Crippen LogP contribution in [0.4, 0.5) is 5.69 Å². The second kappa shape index (κ2) is 8.26. The van der Waals surface area contributed by atoms with Crippen LogP contribution >= 0.6 is 0 Å². The number of amides is 2. The Kier molecular flexibility index (Phi) is 5.05. The van der Waals surface area contributed by atoms with Crippen molar-refractivity contribution >= 4 is 28.4 Å². The minimum absolute atomic E-state index is 0.0544. The molecular formula is C26H26N6O3. The summed E-state index contributed by atoms with van der Waals surface area (Å²) in [5, 5.41) is 7.80. The molecule has 0 spiro atoms. The van der Waals surface area contributed by atoms with E-state index in [0.29, 0.717) is 31.2 Å². The van der Waals surface area contributed by atoms with Crippen molar-refractivity contribution in [2.24, 2.45) is 0 Å². The number of aryl methyl sites for hydroxylation is 2. The van der Waals surface area contributed by atoms with Crippen LogP contribution in [-0.4, -0.2) is 45.0 Å². The molecule has 1 atom stereocenters. The normalized spacial score (nSPS) is 16.7. The number of carbonyl (C=O) groups excluding carboxylic acids is 2. The number of nitrogens with zero attached hydrogens (tertiary/aromatic N) is 5. The third-order valence-corrected chi connectivity index (χ3v) is 6.97. The van der Waals surface area contributed by atoms with Crippen molar-refractivity contribution in [3.8, 4) is 0 Å². The van der Waals surface area contributed by atoms with Crippen molar-refractivity contribution in [2.45, 2.75) is 39.0 Å². The molecule has 2 aromatic heterocycles. The zero-order valence-electron chi connectivity index (χ0n) is 19.7. The van der Waals surface area contributed by atoms with Gasteiger partial charge in [-0.05, 0) is 37.1 Å². The Morgan fingerprint density at radius 2 is 1.97 bits per heavy atom. The highest BCUT2D eigenvalue weighted by Gasteiger charge is 2.42. The zero-order valence-corrected chi connectivity index (χ0v) is 19.7. The van der Waals surface area contributed by atoms with E-state index in [4.69, 9.17) is 4.52 Å². The minimum Gasteiger partial charge on any atom is -0.349 e. The molecule has 2 amide bonds. The number of nitrogens with one attached hydrogen (secondary N) is 1. The predicted molar refractivity (Wildman–Crippen MR) is 130 cm³/mol. The molecule has 35 heavy (non-hydrogen) atoms. The molecule has 2 aromatic carbocycles. The Hall–Kier alpha value is -4.14. The molecule has 0 radical (unpaired) electrons. The summed E-state index contributed by atoms with van der Waals surface area (Å²) < 4.78 is 7.30. The molecule has 0 aliphatic carbocycles. The van der Waals surface area contributed by atoms with Crippen molar-refractivity contribution in [1.82, 2.24) is 24.9 Å². The molecule has 2 aliphatic rings. The average Bonchev–Trinajstić information content (AvgIpc) is 3.45. The number of benzene rings is 2. The van der Waals surface area contributed by atoms with Gasteiger partial charge in [0.05, 0.1) is 23.5 Å². The Balaban J connectivity index is 1.34. The topological polar surface area (TPSA) is 96.5 Å². The van der Waals surface area contributed by atoms with Crippen molar-refractivity contribution < 1.29 is 14.1 Å². The quantitative estimate of drug-likeness (QED) is 0.481. The Morgan fingerprint density at radius 1 is 1.17 bits per heavy atom. The van der Waals surface area contributed by atoms with E-state index in [1.54, 1.807) is 6.92 Å². The summed E-state index contributed by atoms with van der Waals surface area (Å²) in [5.74, 6) is 0.880. The second-order valence-corrected chi connectivity index (χ2v) is 9.04. The molecule has 6 rings (SSSR count). The van der Waals surface area contributed by atoms with E-state index < -0.39 is 0 Å². The van der Waals surface area contributed by atoms with Gasteiger partial charge in [0, 0.05) is 37.5 Å². The minimum atomic E-state index is -0.224. The molecule has 1 N–H and O–H groups in total. The lowest BCUT2D eigenvalue weighted by Gasteiger charge is -2.46. The first-order valence-electron chi connectivity index (χ1n) is 11.8. The first-order valence-corrected chi connectivity index (χ1v) is 11.8. The van der Waals surface area contributed by atoms with Gasteiger partial charge in [-0.25, -0.2) is 0 Å². The maximum atomic E-state index is 13.4. The van der Waals surface area contributed by atoms with Gasteiger partial charge in [0.2, 0.25) is 11.8 Å². The molecule has 0 saturated heterocycles. The largest absolute Gasteiger partial charge is 0.349 e. The highest BCUT2D eigenvalue weighted by molar-refractivity contribution is 6.02. The maximum absolute atomic E-state index is 13.4. The number of fused-ring (bicyclic) bond motifs is 6. The van der Waals surface area contributed by atoms with Gasteiger partial charge < -0.3 is 24.2 Å². The molecule has 2 aliphatic heterocycles. The van der Waals surface area contributed by atoms with Gasteiger partial charge in [-0.2, -0.15) is 4.98 Å². The van der Waals surface area contributed by atoms with E-state index in [0.717, 1.165) is 28.9 Å². The van der Waals surface area contributed by atoms with Crippen LogP contribution < -0.4 is 10.2 Å². The number of anilines is 1. The molecule has 4 aromatic rings. The molecule has 0 fully saturated rings. The summed E-state index contributed by atoms with van der Waals surface area (Å²) in [7, 11) is 2.04. The van der Waals surface area contributed by atoms with E-state index in [1.165, 1.54) is 10.9 Å². The van der Waals surface area contributed by atoms with Crippen molar-refractivity contribution in [1.29, 1.82) is 0 Å². The molecule has 178 valence electrons. The number of para-hydroxylation sites is 2.